The first-order chi connectivity index (χ1) is 11.0. The van der Waals surface area contributed by atoms with Crippen LogP contribution in [0.3, 0.4) is 0 Å². The molecule has 1 unspecified atom stereocenters. The van der Waals surface area contributed by atoms with Crippen LogP contribution in [0.2, 0.25) is 0 Å². The monoisotopic (exact) mass is 315 g/mol. The number of nitrogens with one attached hydrogen (secondary N) is 2. The molecule has 1 aromatic carbocycles. The third kappa shape index (κ3) is 2.66. The summed E-state index contributed by atoms with van der Waals surface area (Å²) in [5.41, 5.74) is -0.825. The molecule has 0 bridgehead atoms. The Morgan fingerprint density at radius 1 is 1.22 bits per heavy atom. The highest BCUT2D eigenvalue weighted by molar-refractivity contribution is 5.98. The number of anilines is 1. The Labute approximate surface area is 129 Å². The summed E-state index contributed by atoms with van der Waals surface area (Å²) < 4.78 is 1.17. The van der Waals surface area contributed by atoms with E-state index < -0.39 is 29.0 Å². The molecule has 118 valence electrons. The van der Waals surface area contributed by atoms with Gasteiger partial charge in [0.15, 0.2) is 0 Å². The van der Waals surface area contributed by atoms with Crippen molar-refractivity contribution in [3.05, 3.63) is 62.3 Å². The van der Waals surface area contributed by atoms with Gasteiger partial charge in [-0.2, -0.15) is 0 Å². The van der Waals surface area contributed by atoms with Crippen molar-refractivity contribution in [1.29, 1.82) is 0 Å². The van der Waals surface area contributed by atoms with Crippen LogP contribution in [0.4, 0.5) is 5.82 Å². The van der Waals surface area contributed by atoms with Gasteiger partial charge in [-0.25, -0.2) is 4.79 Å². The van der Waals surface area contributed by atoms with Crippen LogP contribution in [0.15, 0.2) is 39.9 Å². The highest BCUT2D eigenvalue weighted by Gasteiger charge is 2.35. The fraction of sp³-hybridized carbons (Fsp3) is 0.200. The Bertz CT molecular complexity index is 898. The summed E-state index contributed by atoms with van der Waals surface area (Å²) >= 11 is 0. The van der Waals surface area contributed by atoms with Crippen molar-refractivity contribution in [2.45, 2.75) is 18.9 Å². The number of nitrogens with zero attached hydrogens (tertiary/aromatic N) is 1. The number of carboxylic acids is 1. The topological polar surface area (TPSA) is 121 Å². The predicted molar refractivity (Wildman–Crippen MR) is 80.5 cm³/mol. The van der Waals surface area contributed by atoms with Gasteiger partial charge in [-0.3, -0.25) is 23.9 Å². The van der Waals surface area contributed by atoms with Crippen LogP contribution in [0.25, 0.3) is 0 Å². The highest BCUT2D eigenvalue weighted by atomic mass is 16.4. The third-order valence-corrected chi connectivity index (χ3v) is 3.71. The highest BCUT2D eigenvalue weighted by Crippen LogP contribution is 2.28. The van der Waals surface area contributed by atoms with Crippen LogP contribution in [0, 0.1) is 0 Å². The second-order valence-electron chi connectivity index (χ2n) is 5.24. The molecule has 1 aromatic heterocycles. The number of benzene rings is 1. The van der Waals surface area contributed by atoms with E-state index in [0.717, 1.165) is 5.56 Å². The van der Waals surface area contributed by atoms with E-state index in [4.69, 9.17) is 0 Å². The van der Waals surface area contributed by atoms with E-state index in [2.05, 4.69) is 10.3 Å². The number of aromatic amines is 1. The number of carboxylic acid groups (broad SMARTS) is 1. The molecular formula is C15H13N3O5. The summed E-state index contributed by atoms with van der Waals surface area (Å²) in [5, 5.41) is 11.7. The van der Waals surface area contributed by atoms with Gasteiger partial charge in [0.05, 0.1) is 18.0 Å². The number of carbonyl (C=O) groups excluding carboxylic acids is 1. The molecule has 23 heavy (non-hydrogen) atoms. The molecule has 8 heteroatoms. The number of amides is 1. The lowest BCUT2D eigenvalue weighted by Crippen LogP contribution is -2.41. The Balaban J connectivity index is 2.20. The van der Waals surface area contributed by atoms with Crippen molar-refractivity contribution in [2.24, 2.45) is 0 Å². The molecule has 2 heterocycles. The first-order valence-electron chi connectivity index (χ1n) is 6.91. The van der Waals surface area contributed by atoms with E-state index >= 15 is 0 Å². The van der Waals surface area contributed by atoms with Crippen molar-refractivity contribution in [2.75, 3.05) is 5.32 Å². The number of rotatable bonds is 3. The molecule has 0 fully saturated rings. The van der Waals surface area contributed by atoms with E-state index in [1.54, 1.807) is 24.3 Å². The lowest BCUT2D eigenvalue weighted by molar-refractivity contribution is -0.140. The first-order valence-corrected chi connectivity index (χ1v) is 6.91. The molecule has 0 saturated heterocycles. The lowest BCUT2D eigenvalue weighted by Gasteiger charge is -2.24. The van der Waals surface area contributed by atoms with Crippen LogP contribution >= 0.6 is 0 Å². The van der Waals surface area contributed by atoms with Gasteiger partial charge in [-0.1, -0.05) is 30.3 Å². The number of carbonyl (C=O) groups is 2. The predicted octanol–water partition coefficient (Wildman–Crippen LogP) is 0.0953. The quantitative estimate of drug-likeness (QED) is 0.741. The van der Waals surface area contributed by atoms with Crippen molar-refractivity contribution < 1.29 is 14.7 Å². The number of hydrogen-bond donors (Lipinski definition) is 3. The van der Waals surface area contributed by atoms with Gasteiger partial charge >= 0.3 is 11.7 Å². The molecule has 0 radical (unpaired) electrons. The molecular weight excluding hydrogens is 302 g/mol. The van der Waals surface area contributed by atoms with Crippen molar-refractivity contribution >= 4 is 17.7 Å². The first kappa shape index (κ1) is 14.8. The largest absolute Gasteiger partial charge is 0.481 e. The molecule has 0 aliphatic carbocycles. The molecule has 0 saturated carbocycles. The van der Waals surface area contributed by atoms with Gasteiger partial charge in [0.2, 0.25) is 5.91 Å². The van der Waals surface area contributed by atoms with Crippen molar-refractivity contribution in [1.82, 2.24) is 9.55 Å². The Morgan fingerprint density at radius 2 is 1.91 bits per heavy atom. The van der Waals surface area contributed by atoms with Gasteiger partial charge in [0.25, 0.3) is 5.56 Å². The zero-order valence-electron chi connectivity index (χ0n) is 11.9. The van der Waals surface area contributed by atoms with E-state index in [1.807, 2.05) is 6.07 Å². The number of fused-ring (bicyclic) bond motifs is 1. The zero-order chi connectivity index (χ0) is 16.6. The maximum absolute atomic E-state index is 12.1. The summed E-state index contributed by atoms with van der Waals surface area (Å²) in [6.45, 7) is 0.103. The molecule has 3 N–H and O–H groups in total. The Kier molecular flexibility index (Phi) is 3.57. The fourth-order valence-electron chi connectivity index (χ4n) is 2.64. The maximum atomic E-state index is 12.1. The zero-order valence-corrected chi connectivity index (χ0v) is 11.9. The second-order valence-corrected chi connectivity index (χ2v) is 5.24. The van der Waals surface area contributed by atoms with Gasteiger partial charge in [0, 0.05) is 6.42 Å². The lowest BCUT2D eigenvalue weighted by atomic mass is 9.93. The summed E-state index contributed by atoms with van der Waals surface area (Å²) in [5.74, 6) is -3.15. The van der Waals surface area contributed by atoms with E-state index in [-0.39, 0.29) is 24.3 Å². The normalized spacial score (nSPS) is 16.5. The van der Waals surface area contributed by atoms with Gasteiger partial charge in [0.1, 0.15) is 5.82 Å². The average Bonchev–Trinajstić information content (AvgIpc) is 2.51. The molecule has 1 aliphatic rings. The number of hydrogen-bond acceptors (Lipinski definition) is 4. The Morgan fingerprint density at radius 3 is 2.57 bits per heavy atom. The van der Waals surface area contributed by atoms with E-state index in [9.17, 15) is 24.3 Å². The van der Waals surface area contributed by atoms with E-state index in [1.165, 1.54) is 4.57 Å². The van der Waals surface area contributed by atoms with Crippen LogP contribution in [0.5, 0.6) is 0 Å². The van der Waals surface area contributed by atoms with Crippen LogP contribution in [-0.4, -0.2) is 26.5 Å². The Hall–Kier alpha value is -3.16. The maximum Gasteiger partial charge on any atom is 0.330 e. The van der Waals surface area contributed by atoms with Crippen LogP contribution in [0.1, 0.15) is 23.5 Å². The van der Waals surface area contributed by atoms with Crippen molar-refractivity contribution in [3.8, 4) is 0 Å². The van der Waals surface area contributed by atoms with Gasteiger partial charge < -0.3 is 10.4 Å². The summed E-state index contributed by atoms with van der Waals surface area (Å²) in [6, 6.07) is 8.96. The minimum Gasteiger partial charge on any atom is -0.481 e. The van der Waals surface area contributed by atoms with Crippen LogP contribution in [-0.2, 0) is 16.1 Å². The fourth-order valence-corrected chi connectivity index (χ4v) is 2.64. The number of aliphatic carboxylic acids is 1. The van der Waals surface area contributed by atoms with Gasteiger partial charge in [-0.15, -0.1) is 0 Å². The minimum absolute atomic E-state index is 0.0498. The molecule has 2 aromatic rings. The standard InChI is InChI=1S/C15H13N3O5/c19-10-6-9(14(21)22)11-12(16-10)18(15(23)17-13(11)20)7-8-4-2-1-3-5-8/h1-5,9H,6-7H2,(H,16,19)(H,21,22)(H,17,20,23). The summed E-state index contributed by atoms with van der Waals surface area (Å²) in [6.07, 6.45) is -0.338. The smallest absolute Gasteiger partial charge is 0.330 e. The summed E-state index contributed by atoms with van der Waals surface area (Å²) in [7, 11) is 0. The number of aromatic nitrogens is 2. The SMILES string of the molecule is O=C1CC(C(=O)O)c2c(n(Cc3ccccc3)c(=O)[nH]c2=O)N1. The second kappa shape index (κ2) is 5.56. The minimum atomic E-state index is -1.28. The molecule has 1 aliphatic heterocycles. The van der Waals surface area contributed by atoms with E-state index in [0.29, 0.717) is 0 Å². The molecule has 8 nitrogen and oxygen atoms in total. The molecule has 0 spiro atoms. The average molecular weight is 315 g/mol. The molecule has 1 amide bonds. The summed E-state index contributed by atoms with van der Waals surface area (Å²) in [4.78, 5) is 49.4. The van der Waals surface area contributed by atoms with Gasteiger partial charge in [-0.05, 0) is 5.56 Å². The molecule has 3 rings (SSSR count). The van der Waals surface area contributed by atoms with Crippen molar-refractivity contribution in [3.63, 3.8) is 0 Å². The molecule has 1 atom stereocenters. The van der Waals surface area contributed by atoms with Crippen LogP contribution < -0.4 is 16.6 Å². The number of H-pyrrole nitrogens is 1. The third-order valence-electron chi connectivity index (χ3n) is 3.71.